The molecule has 0 bridgehead atoms. The maximum Gasteiger partial charge on any atom is 0.573 e. The summed E-state index contributed by atoms with van der Waals surface area (Å²) in [7, 11) is 0. The zero-order valence-electron chi connectivity index (χ0n) is 17.4. The Balaban J connectivity index is 1.79. The third kappa shape index (κ3) is 4.09. The van der Waals surface area contributed by atoms with Gasteiger partial charge in [0.1, 0.15) is 11.5 Å². The van der Waals surface area contributed by atoms with Crippen LogP contribution in [0.4, 0.5) is 18.9 Å². The second-order valence-corrected chi connectivity index (χ2v) is 7.89. The van der Waals surface area contributed by atoms with Gasteiger partial charge in [-0.3, -0.25) is 0 Å². The lowest BCUT2D eigenvalue weighted by molar-refractivity contribution is -0.274. The largest absolute Gasteiger partial charge is 0.573 e. The Kier molecular flexibility index (Phi) is 4.96. The molecule has 0 unspecified atom stereocenters. The third-order valence-electron chi connectivity index (χ3n) is 5.70. The SMILES string of the molecule is Nc1ccc2c(c1)CCc1c(-c3ccccc3OC(F)(F)F)cc(-c3cccc(O)c3)nc1-2. The van der Waals surface area contributed by atoms with Gasteiger partial charge in [0.2, 0.25) is 0 Å². The molecule has 1 heterocycles. The highest BCUT2D eigenvalue weighted by Crippen LogP contribution is 2.43. The molecule has 0 atom stereocenters. The van der Waals surface area contributed by atoms with Gasteiger partial charge in [-0.15, -0.1) is 13.2 Å². The molecular formula is C26H19F3N2O2. The number of nitrogens with zero attached hydrogens (tertiary/aromatic N) is 1. The van der Waals surface area contributed by atoms with Gasteiger partial charge >= 0.3 is 6.36 Å². The number of nitrogens with two attached hydrogens (primary N) is 1. The monoisotopic (exact) mass is 448 g/mol. The Bertz CT molecular complexity index is 1370. The van der Waals surface area contributed by atoms with E-state index in [1.54, 1.807) is 48.5 Å². The normalized spacial score (nSPS) is 12.7. The lowest BCUT2D eigenvalue weighted by atomic mass is 9.84. The highest BCUT2D eigenvalue weighted by atomic mass is 19.4. The zero-order valence-corrected chi connectivity index (χ0v) is 17.4. The molecule has 1 aliphatic rings. The van der Waals surface area contributed by atoms with Gasteiger partial charge in [0, 0.05) is 22.4 Å². The number of aryl methyl sites for hydroxylation is 1. The Morgan fingerprint density at radius 2 is 1.67 bits per heavy atom. The van der Waals surface area contributed by atoms with E-state index < -0.39 is 6.36 Å². The molecule has 7 heteroatoms. The lowest BCUT2D eigenvalue weighted by Gasteiger charge is -2.24. The zero-order chi connectivity index (χ0) is 23.2. The molecule has 3 aromatic carbocycles. The minimum absolute atomic E-state index is 0.0718. The fourth-order valence-electron chi connectivity index (χ4n) is 4.31. The molecule has 1 aromatic heterocycles. The number of para-hydroxylation sites is 1. The first kappa shape index (κ1) is 20.9. The summed E-state index contributed by atoms with van der Waals surface area (Å²) >= 11 is 0. The minimum Gasteiger partial charge on any atom is -0.508 e. The fraction of sp³-hybridized carbons (Fsp3) is 0.115. The van der Waals surface area contributed by atoms with E-state index in [-0.39, 0.29) is 11.5 Å². The van der Waals surface area contributed by atoms with E-state index in [1.807, 2.05) is 12.1 Å². The van der Waals surface area contributed by atoms with E-state index in [9.17, 15) is 18.3 Å². The number of pyridine rings is 1. The quantitative estimate of drug-likeness (QED) is 0.358. The van der Waals surface area contributed by atoms with Crippen molar-refractivity contribution < 1.29 is 23.0 Å². The van der Waals surface area contributed by atoms with Crippen molar-refractivity contribution in [3.63, 3.8) is 0 Å². The highest BCUT2D eigenvalue weighted by molar-refractivity contribution is 5.85. The summed E-state index contributed by atoms with van der Waals surface area (Å²) in [6.07, 6.45) is -3.54. The first-order chi connectivity index (χ1) is 15.8. The average Bonchev–Trinajstić information content (AvgIpc) is 2.77. The first-order valence-corrected chi connectivity index (χ1v) is 10.4. The van der Waals surface area contributed by atoms with E-state index in [0.717, 1.165) is 16.7 Å². The predicted molar refractivity (Wildman–Crippen MR) is 121 cm³/mol. The summed E-state index contributed by atoms with van der Waals surface area (Å²) in [6.45, 7) is 0. The maximum atomic E-state index is 13.1. The van der Waals surface area contributed by atoms with E-state index in [4.69, 9.17) is 10.7 Å². The van der Waals surface area contributed by atoms with Crippen molar-refractivity contribution in [1.82, 2.24) is 4.98 Å². The van der Waals surface area contributed by atoms with Gasteiger partial charge < -0.3 is 15.6 Å². The summed E-state index contributed by atoms with van der Waals surface area (Å²) in [5.74, 6) is -0.203. The van der Waals surface area contributed by atoms with Gasteiger partial charge in [-0.25, -0.2) is 4.98 Å². The molecule has 0 spiro atoms. The van der Waals surface area contributed by atoms with Crippen molar-refractivity contribution in [1.29, 1.82) is 0 Å². The predicted octanol–water partition coefficient (Wildman–Crippen LogP) is 6.37. The number of nitrogen functional groups attached to an aromatic ring is 1. The van der Waals surface area contributed by atoms with E-state index in [2.05, 4.69) is 4.74 Å². The Labute approximate surface area is 188 Å². The van der Waals surface area contributed by atoms with Gasteiger partial charge in [-0.2, -0.15) is 0 Å². The number of anilines is 1. The lowest BCUT2D eigenvalue weighted by Crippen LogP contribution is -2.18. The van der Waals surface area contributed by atoms with Crippen LogP contribution in [0.5, 0.6) is 11.5 Å². The summed E-state index contributed by atoms with van der Waals surface area (Å²) in [5, 5.41) is 9.97. The minimum atomic E-state index is -4.82. The molecule has 4 nitrogen and oxygen atoms in total. The third-order valence-corrected chi connectivity index (χ3v) is 5.70. The average molecular weight is 448 g/mol. The second-order valence-electron chi connectivity index (χ2n) is 7.89. The van der Waals surface area contributed by atoms with Crippen LogP contribution in [0.15, 0.2) is 72.8 Å². The van der Waals surface area contributed by atoms with Crippen molar-refractivity contribution in [2.24, 2.45) is 0 Å². The van der Waals surface area contributed by atoms with Crippen molar-refractivity contribution >= 4 is 5.69 Å². The molecular weight excluding hydrogens is 429 g/mol. The number of aromatic hydroxyl groups is 1. The van der Waals surface area contributed by atoms with E-state index in [0.29, 0.717) is 46.6 Å². The topological polar surface area (TPSA) is 68.4 Å². The van der Waals surface area contributed by atoms with Crippen LogP contribution < -0.4 is 10.5 Å². The van der Waals surface area contributed by atoms with Crippen molar-refractivity contribution in [3.8, 4) is 45.1 Å². The standard InChI is InChI=1S/C26H19F3N2O2/c27-26(28,29)33-24-7-2-1-6-20(24)22-14-23(16-4-3-5-18(32)13-16)31-25-19-11-9-17(30)12-15(19)8-10-21(22)25/h1-7,9,11-14,32H,8,10,30H2. The van der Waals surface area contributed by atoms with Gasteiger partial charge in [0.15, 0.2) is 0 Å². The number of phenols is 1. The molecule has 3 N–H and O–H groups in total. The molecule has 5 rings (SSSR count). The van der Waals surface area contributed by atoms with Crippen LogP contribution in [-0.2, 0) is 12.8 Å². The molecule has 0 amide bonds. The van der Waals surface area contributed by atoms with Gasteiger partial charge in [0.05, 0.1) is 11.4 Å². The maximum absolute atomic E-state index is 13.1. The van der Waals surface area contributed by atoms with Gasteiger partial charge in [-0.05, 0) is 65.9 Å². The number of aromatic nitrogens is 1. The van der Waals surface area contributed by atoms with Crippen LogP contribution in [0.2, 0.25) is 0 Å². The number of fused-ring (bicyclic) bond motifs is 3. The van der Waals surface area contributed by atoms with Crippen molar-refractivity contribution in [2.75, 3.05) is 5.73 Å². The molecule has 0 aliphatic heterocycles. The number of benzene rings is 3. The Hall–Kier alpha value is -4.00. The summed E-state index contributed by atoms with van der Waals surface area (Å²) in [6, 6.07) is 20.1. The fourth-order valence-corrected chi connectivity index (χ4v) is 4.31. The summed E-state index contributed by atoms with van der Waals surface area (Å²) < 4.78 is 43.7. The molecule has 0 radical (unpaired) electrons. The van der Waals surface area contributed by atoms with Crippen molar-refractivity contribution in [2.45, 2.75) is 19.2 Å². The molecule has 0 saturated carbocycles. The number of hydrogen-bond donors (Lipinski definition) is 2. The number of ether oxygens (including phenoxy) is 1. The van der Waals surface area contributed by atoms with Gasteiger partial charge in [0.25, 0.3) is 0 Å². The number of alkyl halides is 3. The number of rotatable bonds is 3. The second kappa shape index (κ2) is 7.85. The van der Waals surface area contributed by atoms with Gasteiger partial charge in [-0.1, -0.05) is 36.4 Å². The molecule has 0 fully saturated rings. The molecule has 33 heavy (non-hydrogen) atoms. The van der Waals surface area contributed by atoms with Crippen LogP contribution in [-0.4, -0.2) is 16.5 Å². The van der Waals surface area contributed by atoms with Crippen LogP contribution in [0.3, 0.4) is 0 Å². The van der Waals surface area contributed by atoms with Crippen LogP contribution in [0.25, 0.3) is 33.6 Å². The molecule has 0 saturated heterocycles. The Morgan fingerprint density at radius 1 is 0.848 bits per heavy atom. The number of halogens is 3. The highest BCUT2D eigenvalue weighted by Gasteiger charge is 2.33. The Morgan fingerprint density at radius 3 is 2.45 bits per heavy atom. The van der Waals surface area contributed by atoms with E-state index >= 15 is 0 Å². The van der Waals surface area contributed by atoms with E-state index in [1.165, 1.54) is 12.1 Å². The first-order valence-electron chi connectivity index (χ1n) is 10.4. The van der Waals surface area contributed by atoms with Crippen molar-refractivity contribution in [3.05, 3.63) is 83.9 Å². The number of hydrogen-bond acceptors (Lipinski definition) is 4. The van der Waals surface area contributed by atoms with Crippen LogP contribution >= 0.6 is 0 Å². The molecule has 4 aromatic rings. The summed E-state index contributed by atoms with van der Waals surface area (Å²) in [5.41, 5.74) is 12.2. The summed E-state index contributed by atoms with van der Waals surface area (Å²) in [4.78, 5) is 4.87. The molecule has 1 aliphatic carbocycles. The molecule has 166 valence electrons. The smallest absolute Gasteiger partial charge is 0.508 e. The van der Waals surface area contributed by atoms with Crippen LogP contribution in [0.1, 0.15) is 11.1 Å². The number of phenolic OH excluding ortho intramolecular Hbond substituents is 1. The van der Waals surface area contributed by atoms with Crippen LogP contribution in [0, 0.1) is 0 Å².